The standard InChI is InChI=1S/C22H18O7/c1-22-10-14(27-21(22)25)9-15-16(22)18(29-19(23)12-5-3-2-4-6-12)17(28-20(15)24)13-7-8-26-11-13/h2-9,11,14,16-18H,10H2,1H3. The van der Waals surface area contributed by atoms with Crippen molar-refractivity contribution in [1.29, 1.82) is 0 Å². The molecule has 0 saturated carbocycles. The van der Waals surface area contributed by atoms with Gasteiger partial charge in [0.2, 0.25) is 0 Å². The first-order valence-corrected chi connectivity index (χ1v) is 9.39. The fraction of sp³-hybridized carbons (Fsp3) is 0.318. The minimum absolute atomic E-state index is 0.320. The van der Waals surface area contributed by atoms with Crippen molar-refractivity contribution >= 4 is 17.9 Å². The summed E-state index contributed by atoms with van der Waals surface area (Å²) < 4.78 is 22.1. The molecule has 5 unspecified atom stereocenters. The summed E-state index contributed by atoms with van der Waals surface area (Å²) in [7, 11) is 0. The molecular formula is C22H18O7. The number of carbonyl (C=O) groups excluding carboxylic acids is 3. The highest BCUT2D eigenvalue weighted by Crippen LogP contribution is 2.55. The molecule has 2 saturated heterocycles. The second-order valence-corrected chi connectivity index (χ2v) is 7.78. The third-order valence-electron chi connectivity index (χ3n) is 5.96. The SMILES string of the molecule is CC12CC(C=C3C(=O)OC(c4ccoc4)C(OC(=O)c4ccccc4)C31)OC2=O. The summed E-state index contributed by atoms with van der Waals surface area (Å²) in [5, 5.41) is 0. The number of benzene rings is 1. The van der Waals surface area contributed by atoms with E-state index in [-0.39, 0.29) is 0 Å². The van der Waals surface area contributed by atoms with Gasteiger partial charge in [-0.3, -0.25) is 4.79 Å². The molecule has 5 atom stereocenters. The topological polar surface area (TPSA) is 92.0 Å². The van der Waals surface area contributed by atoms with Crippen LogP contribution in [0, 0.1) is 11.3 Å². The van der Waals surface area contributed by atoms with E-state index in [1.54, 1.807) is 49.4 Å². The average molecular weight is 394 g/mol. The van der Waals surface area contributed by atoms with Gasteiger partial charge in [0.15, 0.2) is 12.2 Å². The number of hydrogen-bond donors (Lipinski definition) is 0. The van der Waals surface area contributed by atoms with Crippen molar-refractivity contribution < 1.29 is 33.0 Å². The third-order valence-corrected chi connectivity index (χ3v) is 5.96. The molecule has 2 fully saturated rings. The monoisotopic (exact) mass is 394 g/mol. The Kier molecular flexibility index (Phi) is 3.87. The Morgan fingerprint density at radius 1 is 1.14 bits per heavy atom. The van der Waals surface area contributed by atoms with Gasteiger partial charge in [-0.15, -0.1) is 0 Å². The Morgan fingerprint density at radius 2 is 1.93 bits per heavy atom. The lowest BCUT2D eigenvalue weighted by Gasteiger charge is -2.44. The lowest BCUT2D eigenvalue weighted by molar-refractivity contribution is -0.171. The summed E-state index contributed by atoms with van der Waals surface area (Å²) in [6, 6.07) is 10.2. The molecule has 2 aromatic rings. The maximum atomic E-state index is 12.9. The summed E-state index contributed by atoms with van der Waals surface area (Å²) in [5.74, 6) is -2.18. The largest absolute Gasteiger partial charge is 0.472 e. The van der Waals surface area contributed by atoms with Gasteiger partial charge in [0.25, 0.3) is 0 Å². The molecule has 1 aromatic heterocycles. The van der Waals surface area contributed by atoms with Gasteiger partial charge in [0, 0.05) is 23.5 Å². The molecule has 7 heteroatoms. The number of carbonyl (C=O) groups is 3. The highest BCUT2D eigenvalue weighted by atomic mass is 16.6. The summed E-state index contributed by atoms with van der Waals surface area (Å²) in [5.41, 5.74) is 0.256. The zero-order valence-corrected chi connectivity index (χ0v) is 15.6. The maximum absolute atomic E-state index is 12.9. The quantitative estimate of drug-likeness (QED) is 0.584. The lowest BCUT2D eigenvalue weighted by atomic mass is 9.63. The Morgan fingerprint density at radius 3 is 2.66 bits per heavy atom. The number of furan rings is 1. The third kappa shape index (κ3) is 2.68. The summed E-state index contributed by atoms with van der Waals surface area (Å²) in [6.45, 7) is 1.75. The lowest BCUT2D eigenvalue weighted by Crippen LogP contribution is -2.52. The molecule has 148 valence electrons. The predicted molar refractivity (Wildman–Crippen MR) is 97.4 cm³/mol. The number of cyclic esters (lactones) is 1. The van der Waals surface area contributed by atoms with Crippen LogP contribution in [0.5, 0.6) is 0 Å². The van der Waals surface area contributed by atoms with Crippen molar-refractivity contribution in [3.8, 4) is 0 Å². The Bertz CT molecular complexity index is 1010. The van der Waals surface area contributed by atoms with E-state index in [0.717, 1.165) is 0 Å². The molecule has 29 heavy (non-hydrogen) atoms. The minimum Gasteiger partial charge on any atom is -0.472 e. The smallest absolute Gasteiger partial charge is 0.338 e. The van der Waals surface area contributed by atoms with Crippen molar-refractivity contribution in [2.24, 2.45) is 11.3 Å². The van der Waals surface area contributed by atoms with Crippen LogP contribution in [0.2, 0.25) is 0 Å². The fourth-order valence-corrected chi connectivity index (χ4v) is 4.56. The van der Waals surface area contributed by atoms with E-state index < -0.39 is 47.6 Å². The molecule has 3 heterocycles. The van der Waals surface area contributed by atoms with Crippen molar-refractivity contribution in [3.05, 3.63) is 71.7 Å². The van der Waals surface area contributed by atoms with E-state index in [4.69, 9.17) is 18.6 Å². The van der Waals surface area contributed by atoms with E-state index in [1.807, 2.05) is 0 Å². The van der Waals surface area contributed by atoms with Gasteiger partial charge >= 0.3 is 17.9 Å². The zero-order chi connectivity index (χ0) is 20.2. The van der Waals surface area contributed by atoms with Crippen molar-refractivity contribution in [2.75, 3.05) is 0 Å². The molecule has 0 amide bonds. The van der Waals surface area contributed by atoms with Gasteiger partial charge in [0.1, 0.15) is 6.10 Å². The highest BCUT2D eigenvalue weighted by molar-refractivity contribution is 5.95. The van der Waals surface area contributed by atoms with E-state index >= 15 is 0 Å². The molecule has 3 aliphatic rings. The number of ether oxygens (including phenoxy) is 3. The summed E-state index contributed by atoms with van der Waals surface area (Å²) in [4.78, 5) is 38.3. The van der Waals surface area contributed by atoms with Crippen LogP contribution in [0.1, 0.15) is 35.4 Å². The van der Waals surface area contributed by atoms with Crippen LogP contribution in [-0.4, -0.2) is 30.1 Å². The van der Waals surface area contributed by atoms with Gasteiger partial charge < -0.3 is 18.6 Å². The molecule has 5 rings (SSSR count). The number of esters is 3. The maximum Gasteiger partial charge on any atom is 0.338 e. The molecule has 0 N–H and O–H groups in total. The fourth-order valence-electron chi connectivity index (χ4n) is 4.56. The summed E-state index contributed by atoms with van der Waals surface area (Å²) >= 11 is 0. The number of rotatable bonds is 3. The van der Waals surface area contributed by atoms with Gasteiger partial charge in [-0.05, 0) is 31.2 Å². The molecule has 1 aliphatic carbocycles. The van der Waals surface area contributed by atoms with Crippen LogP contribution in [0.3, 0.4) is 0 Å². The van der Waals surface area contributed by atoms with E-state index in [1.165, 1.54) is 12.5 Å². The Balaban J connectivity index is 1.59. The van der Waals surface area contributed by atoms with Crippen LogP contribution < -0.4 is 0 Å². The second kappa shape index (κ2) is 6.34. The van der Waals surface area contributed by atoms with Crippen molar-refractivity contribution in [2.45, 2.75) is 31.7 Å². The molecule has 7 nitrogen and oxygen atoms in total. The van der Waals surface area contributed by atoms with Crippen LogP contribution >= 0.6 is 0 Å². The Labute approximate surface area is 166 Å². The van der Waals surface area contributed by atoms with Gasteiger partial charge in [-0.2, -0.15) is 0 Å². The molecule has 0 spiro atoms. The molecule has 1 aromatic carbocycles. The predicted octanol–water partition coefficient (Wildman–Crippen LogP) is 2.98. The van der Waals surface area contributed by atoms with E-state index in [9.17, 15) is 14.4 Å². The Hall–Kier alpha value is -3.35. The van der Waals surface area contributed by atoms with Gasteiger partial charge in [-0.1, -0.05) is 18.2 Å². The van der Waals surface area contributed by atoms with E-state index in [0.29, 0.717) is 23.1 Å². The first-order chi connectivity index (χ1) is 14.0. The average Bonchev–Trinajstić information content (AvgIpc) is 3.32. The first kappa shape index (κ1) is 17.7. The number of fused-ring (bicyclic) bond motifs is 4. The van der Waals surface area contributed by atoms with E-state index in [2.05, 4.69) is 0 Å². The van der Waals surface area contributed by atoms with Gasteiger partial charge in [0.05, 0.1) is 23.5 Å². The molecule has 2 bridgehead atoms. The molecular weight excluding hydrogens is 376 g/mol. The van der Waals surface area contributed by atoms with Crippen molar-refractivity contribution in [1.82, 2.24) is 0 Å². The normalized spacial score (nSPS) is 32.7. The first-order valence-electron chi connectivity index (χ1n) is 9.39. The molecule has 0 radical (unpaired) electrons. The number of hydrogen-bond acceptors (Lipinski definition) is 7. The zero-order valence-electron chi connectivity index (χ0n) is 15.6. The van der Waals surface area contributed by atoms with Crippen LogP contribution in [0.25, 0.3) is 0 Å². The molecule has 2 aliphatic heterocycles. The van der Waals surface area contributed by atoms with Crippen LogP contribution in [0.15, 0.2) is 65.0 Å². The van der Waals surface area contributed by atoms with Gasteiger partial charge in [-0.25, -0.2) is 9.59 Å². The highest BCUT2D eigenvalue weighted by Gasteiger charge is 2.63. The van der Waals surface area contributed by atoms with Crippen LogP contribution in [0.4, 0.5) is 0 Å². The van der Waals surface area contributed by atoms with Crippen molar-refractivity contribution in [3.63, 3.8) is 0 Å². The summed E-state index contributed by atoms with van der Waals surface area (Å²) in [6.07, 6.45) is 2.67. The van der Waals surface area contributed by atoms with Crippen LogP contribution in [-0.2, 0) is 23.8 Å². The minimum atomic E-state index is -0.988. The second-order valence-electron chi connectivity index (χ2n) is 7.78.